The van der Waals surface area contributed by atoms with Crippen LogP contribution in [0.5, 0.6) is 5.75 Å². The van der Waals surface area contributed by atoms with Crippen LogP contribution < -0.4 is 10.5 Å². The zero-order chi connectivity index (χ0) is 13.8. The molecule has 0 spiro atoms. The number of para-hydroxylation sites is 1. The average molecular weight is 302 g/mol. The first-order valence-electron chi connectivity index (χ1n) is 6.03. The standard InChI is InChI=1S/C13H16FN3O2.ClH/c1-8(2)12(15)13-16-11(17-19-13)7-18-10-6-4-3-5-9(10)14;/h3-6,8,12H,7,15H2,1-2H3;1H/t12-;/m0./s1. The van der Waals surface area contributed by atoms with E-state index in [1.807, 2.05) is 13.8 Å². The summed E-state index contributed by atoms with van der Waals surface area (Å²) >= 11 is 0. The number of rotatable bonds is 5. The van der Waals surface area contributed by atoms with Crippen LogP contribution >= 0.6 is 12.4 Å². The Morgan fingerprint density at radius 1 is 1.35 bits per heavy atom. The molecule has 2 N–H and O–H groups in total. The Morgan fingerprint density at radius 2 is 2.05 bits per heavy atom. The third kappa shape index (κ3) is 3.91. The van der Waals surface area contributed by atoms with Gasteiger partial charge in [-0.15, -0.1) is 12.4 Å². The predicted molar refractivity (Wildman–Crippen MR) is 74.0 cm³/mol. The first-order chi connectivity index (χ1) is 9.08. The van der Waals surface area contributed by atoms with Crippen molar-refractivity contribution in [3.05, 3.63) is 41.8 Å². The maximum Gasteiger partial charge on any atom is 0.243 e. The van der Waals surface area contributed by atoms with E-state index in [9.17, 15) is 4.39 Å². The smallest absolute Gasteiger partial charge is 0.243 e. The Hall–Kier alpha value is -1.66. The SMILES string of the molecule is CC(C)[C@H](N)c1nc(COc2ccccc2F)no1.Cl. The molecule has 0 unspecified atom stereocenters. The molecule has 0 saturated carbocycles. The van der Waals surface area contributed by atoms with Crippen LogP contribution in [-0.4, -0.2) is 10.1 Å². The van der Waals surface area contributed by atoms with Crippen LogP contribution in [0.25, 0.3) is 0 Å². The molecular weight excluding hydrogens is 285 g/mol. The molecule has 1 heterocycles. The van der Waals surface area contributed by atoms with E-state index in [1.54, 1.807) is 12.1 Å². The van der Waals surface area contributed by atoms with E-state index in [2.05, 4.69) is 10.1 Å². The first kappa shape index (κ1) is 16.4. The topological polar surface area (TPSA) is 74.2 Å². The largest absolute Gasteiger partial charge is 0.482 e. The summed E-state index contributed by atoms with van der Waals surface area (Å²) in [5, 5.41) is 3.75. The minimum absolute atomic E-state index is 0. The minimum Gasteiger partial charge on any atom is -0.482 e. The van der Waals surface area contributed by atoms with Gasteiger partial charge in [0.15, 0.2) is 18.2 Å². The zero-order valence-electron chi connectivity index (χ0n) is 11.2. The summed E-state index contributed by atoms with van der Waals surface area (Å²) in [5.41, 5.74) is 5.89. The highest BCUT2D eigenvalue weighted by atomic mass is 35.5. The molecule has 1 atom stereocenters. The summed E-state index contributed by atoms with van der Waals surface area (Å²) < 4.78 is 23.6. The summed E-state index contributed by atoms with van der Waals surface area (Å²) in [6.45, 7) is 3.96. The third-order valence-electron chi connectivity index (χ3n) is 2.68. The lowest BCUT2D eigenvalue weighted by atomic mass is 10.1. The van der Waals surface area contributed by atoms with Crippen LogP contribution in [0.3, 0.4) is 0 Å². The molecule has 0 saturated heterocycles. The lowest BCUT2D eigenvalue weighted by Gasteiger charge is -2.09. The molecule has 110 valence electrons. The van der Waals surface area contributed by atoms with Crippen LogP contribution in [-0.2, 0) is 6.61 Å². The van der Waals surface area contributed by atoms with Crippen molar-refractivity contribution in [3.8, 4) is 5.75 Å². The fraction of sp³-hybridized carbons (Fsp3) is 0.385. The van der Waals surface area contributed by atoms with Crippen LogP contribution in [0.15, 0.2) is 28.8 Å². The summed E-state index contributed by atoms with van der Waals surface area (Å²) in [6, 6.07) is 5.84. The Kier molecular flexibility index (Phi) is 5.91. The number of hydrogen-bond acceptors (Lipinski definition) is 5. The number of nitrogens with zero attached hydrogens (tertiary/aromatic N) is 2. The number of ether oxygens (including phenoxy) is 1. The van der Waals surface area contributed by atoms with E-state index in [0.29, 0.717) is 11.7 Å². The number of hydrogen-bond donors (Lipinski definition) is 1. The van der Waals surface area contributed by atoms with Crippen LogP contribution in [0.4, 0.5) is 4.39 Å². The monoisotopic (exact) mass is 301 g/mol. The Labute approximate surface area is 122 Å². The van der Waals surface area contributed by atoms with Gasteiger partial charge in [0.05, 0.1) is 6.04 Å². The van der Waals surface area contributed by atoms with Crippen LogP contribution in [0.2, 0.25) is 0 Å². The van der Waals surface area contributed by atoms with Crippen molar-refractivity contribution in [1.29, 1.82) is 0 Å². The second-order valence-electron chi connectivity index (χ2n) is 4.54. The Balaban J connectivity index is 0.00000200. The van der Waals surface area contributed by atoms with Gasteiger partial charge in [0.1, 0.15) is 0 Å². The highest BCUT2D eigenvalue weighted by Crippen LogP contribution is 2.19. The van der Waals surface area contributed by atoms with Gasteiger partial charge in [0, 0.05) is 0 Å². The number of nitrogens with two attached hydrogens (primary N) is 1. The molecule has 0 fully saturated rings. The van der Waals surface area contributed by atoms with E-state index < -0.39 is 5.82 Å². The normalized spacial score (nSPS) is 12.1. The molecule has 2 aromatic rings. The van der Waals surface area contributed by atoms with Crippen molar-refractivity contribution in [3.63, 3.8) is 0 Å². The molecular formula is C13H17ClFN3O2. The molecule has 2 rings (SSSR count). The molecule has 0 radical (unpaired) electrons. The van der Waals surface area contributed by atoms with E-state index in [4.69, 9.17) is 15.0 Å². The molecule has 0 aliphatic carbocycles. The molecule has 0 aliphatic heterocycles. The summed E-state index contributed by atoms with van der Waals surface area (Å²) in [6.07, 6.45) is 0. The molecule has 1 aromatic heterocycles. The highest BCUT2D eigenvalue weighted by molar-refractivity contribution is 5.85. The van der Waals surface area contributed by atoms with Crippen LogP contribution in [0.1, 0.15) is 31.6 Å². The molecule has 20 heavy (non-hydrogen) atoms. The van der Waals surface area contributed by atoms with Crippen molar-refractivity contribution in [1.82, 2.24) is 10.1 Å². The fourth-order valence-corrected chi connectivity index (χ4v) is 1.45. The van der Waals surface area contributed by atoms with Gasteiger partial charge in [-0.2, -0.15) is 4.98 Å². The van der Waals surface area contributed by atoms with Crippen molar-refractivity contribution in [2.24, 2.45) is 11.7 Å². The average Bonchev–Trinajstić information content (AvgIpc) is 2.85. The van der Waals surface area contributed by atoms with Crippen molar-refractivity contribution < 1.29 is 13.7 Å². The van der Waals surface area contributed by atoms with E-state index in [1.165, 1.54) is 12.1 Å². The van der Waals surface area contributed by atoms with Gasteiger partial charge in [0.25, 0.3) is 0 Å². The second kappa shape index (κ2) is 7.21. The van der Waals surface area contributed by atoms with Gasteiger partial charge in [-0.05, 0) is 18.1 Å². The van der Waals surface area contributed by atoms with Crippen molar-refractivity contribution >= 4 is 12.4 Å². The zero-order valence-corrected chi connectivity index (χ0v) is 12.1. The molecule has 0 amide bonds. The summed E-state index contributed by atoms with van der Waals surface area (Å²) in [5.74, 6) is 0.629. The van der Waals surface area contributed by atoms with E-state index in [-0.39, 0.29) is 36.7 Å². The van der Waals surface area contributed by atoms with Gasteiger partial charge in [0.2, 0.25) is 11.7 Å². The fourth-order valence-electron chi connectivity index (χ4n) is 1.45. The van der Waals surface area contributed by atoms with Gasteiger partial charge >= 0.3 is 0 Å². The summed E-state index contributed by atoms with van der Waals surface area (Å²) in [4.78, 5) is 4.13. The number of aromatic nitrogens is 2. The van der Waals surface area contributed by atoms with Crippen molar-refractivity contribution in [2.45, 2.75) is 26.5 Å². The van der Waals surface area contributed by atoms with E-state index in [0.717, 1.165) is 0 Å². The molecule has 1 aromatic carbocycles. The van der Waals surface area contributed by atoms with Crippen LogP contribution in [0, 0.1) is 11.7 Å². The molecule has 0 bridgehead atoms. The number of halogens is 2. The minimum atomic E-state index is -0.426. The lowest BCUT2D eigenvalue weighted by Crippen LogP contribution is -2.17. The molecule has 5 nitrogen and oxygen atoms in total. The highest BCUT2D eigenvalue weighted by Gasteiger charge is 2.18. The maximum absolute atomic E-state index is 13.3. The quantitative estimate of drug-likeness (QED) is 0.919. The lowest BCUT2D eigenvalue weighted by molar-refractivity contribution is 0.270. The van der Waals surface area contributed by atoms with Gasteiger partial charge in [-0.1, -0.05) is 31.1 Å². The third-order valence-corrected chi connectivity index (χ3v) is 2.68. The Morgan fingerprint density at radius 3 is 2.70 bits per heavy atom. The predicted octanol–water partition coefficient (Wildman–Crippen LogP) is 2.87. The van der Waals surface area contributed by atoms with Gasteiger partial charge in [-0.25, -0.2) is 4.39 Å². The Bertz CT molecular complexity index is 548. The first-order valence-corrected chi connectivity index (χ1v) is 6.03. The summed E-state index contributed by atoms with van der Waals surface area (Å²) in [7, 11) is 0. The van der Waals surface area contributed by atoms with Gasteiger partial charge in [-0.3, -0.25) is 0 Å². The van der Waals surface area contributed by atoms with E-state index >= 15 is 0 Å². The maximum atomic E-state index is 13.3. The van der Waals surface area contributed by atoms with Crippen molar-refractivity contribution in [2.75, 3.05) is 0 Å². The molecule has 7 heteroatoms. The van der Waals surface area contributed by atoms with Gasteiger partial charge < -0.3 is 15.0 Å². The number of benzene rings is 1. The second-order valence-corrected chi connectivity index (χ2v) is 4.54. The molecule has 0 aliphatic rings.